The van der Waals surface area contributed by atoms with E-state index in [0.717, 1.165) is 25.6 Å². The van der Waals surface area contributed by atoms with E-state index < -0.39 is 0 Å². The molecule has 1 saturated heterocycles. The Morgan fingerprint density at radius 3 is 2.37 bits per heavy atom. The van der Waals surface area contributed by atoms with Gasteiger partial charge in [0.15, 0.2) is 5.79 Å². The number of hydrogen-bond acceptors (Lipinski definition) is 2. The van der Waals surface area contributed by atoms with Gasteiger partial charge in [0.05, 0.1) is 13.2 Å². The molecule has 0 aromatic heterocycles. The lowest BCUT2D eigenvalue weighted by Crippen LogP contribution is -2.58. The quantitative estimate of drug-likeness (QED) is 0.658. The molecule has 2 heteroatoms. The van der Waals surface area contributed by atoms with Crippen LogP contribution in [-0.2, 0) is 9.47 Å². The molecule has 108 valence electrons. The third kappa shape index (κ3) is 1.22. The van der Waals surface area contributed by atoms with E-state index in [2.05, 4.69) is 27.7 Å². The van der Waals surface area contributed by atoms with Crippen LogP contribution in [-0.4, -0.2) is 19.0 Å². The molecule has 19 heavy (non-hydrogen) atoms. The van der Waals surface area contributed by atoms with Gasteiger partial charge < -0.3 is 9.47 Å². The standard InChI is InChI=1S/C17H28O2/c1-12-10-16-6-5-7-17(18-8-9-19-17)13(16)14(2,3)15(12,4)11-16/h12-13H,5-11H2,1-4H3. The fourth-order valence-corrected chi connectivity index (χ4v) is 6.95. The number of fused-ring (bicyclic) bond motifs is 2. The zero-order valence-corrected chi connectivity index (χ0v) is 12.9. The van der Waals surface area contributed by atoms with E-state index in [1.54, 1.807) is 0 Å². The van der Waals surface area contributed by atoms with Crippen molar-refractivity contribution >= 4 is 0 Å². The Morgan fingerprint density at radius 1 is 1.00 bits per heavy atom. The predicted molar refractivity (Wildman–Crippen MR) is 74.7 cm³/mol. The highest BCUT2D eigenvalue weighted by molar-refractivity contribution is 5.22. The Labute approximate surface area is 117 Å². The van der Waals surface area contributed by atoms with Crippen LogP contribution in [0.1, 0.15) is 59.8 Å². The first-order valence-electron chi connectivity index (χ1n) is 8.14. The molecule has 0 aromatic rings. The Kier molecular flexibility index (Phi) is 2.25. The predicted octanol–water partition coefficient (Wildman–Crippen LogP) is 3.99. The zero-order chi connectivity index (χ0) is 13.5. The molecule has 1 aliphatic heterocycles. The van der Waals surface area contributed by atoms with E-state index in [1.165, 1.54) is 25.7 Å². The van der Waals surface area contributed by atoms with Crippen LogP contribution in [0.5, 0.6) is 0 Å². The van der Waals surface area contributed by atoms with Gasteiger partial charge in [0, 0.05) is 12.3 Å². The first kappa shape index (κ1) is 12.6. The summed E-state index contributed by atoms with van der Waals surface area (Å²) in [4.78, 5) is 0. The highest BCUT2D eigenvalue weighted by Crippen LogP contribution is 2.79. The van der Waals surface area contributed by atoms with Gasteiger partial charge in [0.2, 0.25) is 0 Å². The second-order valence-electron chi connectivity index (χ2n) is 8.58. The largest absolute Gasteiger partial charge is 0.347 e. The van der Waals surface area contributed by atoms with Crippen LogP contribution < -0.4 is 0 Å². The molecule has 0 aromatic carbocycles. The van der Waals surface area contributed by atoms with Gasteiger partial charge in [0.25, 0.3) is 0 Å². The van der Waals surface area contributed by atoms with E-state index in [9.17, 15) is 0 Å². The Bertz CT molecular complexity index is 409. The molecular formula is C17H28O2. The molecule has 0 radical (unpaired) electrons. The van der Waals surface area contributed by atoms with Gasteiger partial charge in [-0.15, -0.1) is 0 Å². The van der Waals surface area contributed by atoms with E-state index >= 15 is 0 Å². The molecule has 0 N–H and O–H groups in total. The average molecular weight is 264 g/mol. The van der Waals surface area contributed by atoms with Crippen molar-refractivity contribution in [2.75, 3.05) is 13.2 Å². The Balaban J connectivity index is 1.85. The molecule has 4 aliphatic rings. The molecule has 2 bridgehead atoms. The highest BCUT2D eigenvalue weighted by Gasteiger charge is 2.76. The second-order valence-corrected chi connectivity index (χ2v) is 8.58. The van der Waals surface area contributed by atoms with Gasteiger partial charge in [-0.1, -0.05) is 27.7 Å². The summed E-state index contributed by atoms with van der Waals surface area (Å²) in [6.07, 6.45) is 6.59. The van der Waals surface area contributed by atoms with Crippen LogP contribution in [0.15, 0.2) is 0 Å². The number of hydrogen-bond donors (Lipinski definition) is 0. The summed E-state index contributed by atoms with van der Waals surface area (Å²) in [7, 11) is 0. The lowest BCUT2D eigenvalue weighted by Gasteiger charge is -2.58. The minimum absolute atomic E-state index is 0.236. The third-order valence-electron chi connectivity index (χ3n) is 7.74. The minimum Gasteiger partial charge on any atom is -0.347 e. The van der Waals surface area contributed by atoms with Gasteiger partial charge in [-0.25, -0.2) is 0 Å². The Hall–Kier alpha value is -0.0800. The molecule has 0 amide bonds. The topological polar surface area (TPSA) is 18.5 Å². The number of ether oxygens (including phenoxy) is 2. The van der Waals surface area contributed by atoms with Crippen LogP contribution in [0.2, 0.25) is 0 Å². The van der Waals surface area contributed by atoms with Crippen molar-refractivity contribution in [1.29, 1.82) is 0 Å². The highest BCUT2D eigenvalue weighted by atomic mass is 16.7. The maximum absolute atomic E-state index is 6.24. The van der Waals surface area contributed by atoms with E-state index in [1.807, 2.05) is 0 Å². The van der Waals surface area contributed by atoms with Gasteiger partial charge >= 0.3 is 0 Å². The fourth-order valence-electron chi connectivity index (χ4n) is 6.95. The van der Waals surface area contributed by atoms with Crippen LogP contribution in [0, 0.1) is 28.1 Å². The van der Waals surface area contributed by atoms with Crippen molar-refractivity contribution in [2.24, 2.45) is 28.1 Å². The lowest BCUT2D eigenvalue weighted by atomic mass is 9.50. The summed E-state index contributed by atoms with van der Waals surface area (Å²) in [5.41, 5.74) is 1.29. The maximum Gasteiger partial charge on any atom is 0.172 e. The molecule has 3 aliphatic carbocycles. The van der Waals surface area contributed by atoms with E-state index in [4.69, 9.17) is 9.47 Å². The van der Waals surface area contributed by atoms with Gasteiger partial charge in [-0.3, -0.25) is 0 Å². The normalized spacial score (nSPS) is 53.7. The van der Waals surface area contributed by atoms with Crippen molar-refractivity contribution in [3.63, 3.8) is 0 Å². The molecule has 2 nitrogen and oxygen atoms in total. The van der Waals surface area contributed by atoms with Crippen LogP contribution in [0.4, 0.5) is 0 Å². The summed E-state index contributed by atoms with van der Waals surface area (Å²) in [6.45, 7) is 11.6. The van der Waals surface area contributed by atoms with Crippen molar-refractivity contribution < 1.29 is 9.47 Å². The molecular weight excluding hydrogens is 236 g/mol. The van der Waals surface area contributed by atoms with Crippen LogP contribution >= 0.6 is 0 Å². The molecule has 4 unspecified atom stereocenters. The van der Waals surface area contributed by atoms with Crippen molar-refractivity contribution in [1.82, 2.24) is 0 Å². The first-order valence-corrected chi connectivity index (χ1v) is 8.14. The minimum atomic E-state index is -0.236. The lowest BCUT2D eigenvalue weighted by molar-refractivity contribution is -0.273. The van der Waals surface area contributed by atoms with Crippen LogP contribution in [0.25, 0.3) is 0 Å². The van der Waals surface area contributed by atoms with Gasteiger partial charge in [-0.2, -0.15) is 0 Å². The summed E-state index contributed by atoms with van der Waals surface area (Å²) in [5, 5.41) is 0. The van der Waals surface area contributed by atoms with E-state index in [-0.39, 0.29) is 5.79 Å². The van der Waals surface area contributed by atoms with Crippen molar-refractivity contribution in [2.45, 2.75) is 65.6 Å². The van der Waals surface area contributed by atoms with Gasteiger partial charge in [0.1, 0.15) is 0 Å². The van der Waals surface area contributed by atoms with E-state index in [0.29, 0.717) is 22.2 Å². The summed E-state index contributed by atoms with van der Waals surface area (Å²) in [6, 6.07) is 0. The maximum atomic E-state index is 6.24. The molecule has 1 heterocycles. The SMILES string of the molecule is CC1CC23CCCC4(OCCO4)C2C(C)(C)C1(C)C3. The fraction of sp³-hybridized carbons (Fsp3) is 1.00. The summed E-state index contributed by atoms with van der Waals surface area (Å²) in [5.74, 6) is 1.21. The monoisotopic (exact) mass is 264 g/mol. The molecule has 4 atom stereocenters. The third-order valence-corrected chi connectivity index (χ3v) is 7.74. The molecule has 4 rings (SSSR count). The summed E-state index contributed by atoms with van der Waals surface area (Å²) >= 11 is 0. The Morgan fingerprint density at radius 2 is 1.68 bits per heavy atom. The first-order chi connectivity index (χ1) is 8.87. The van der Waals surface area contributed by atoms with Crippen molar-refractivity contribution in [3.8, 4) is 0 Å². The molecule has 2 spiro atoms. The smallest absolute Gasteiger partial charge is 0.172 e. The van der Waals surface area contributed by atoms with Gasteiger partial charge in [-0.05, 0) is 47.8 Å². The number of rotatable bonds is 0. The average Bonchev–Trinajstić information content (AvgIpc) is 2.89. The molecule has 4 fully saturated rings. The zero-order valence-electron chi connectivity index (χ0n) is 12.9. The van der Waals surface area contributed by atoms with Crippen molar-refractivity contribution in [3.05, 3.63) is 0 Å². The molecule has 3 saturated carbocycles. The second kappa shape index (κ2) is 3.39. The summed E-state index contributed by atoms with van der Waals surface area (Å²) < 4.78 is 12.5. The van der Waals surface area contributed by atoms with Crippen LogP contribution in [0.3, 0.4) is 0 Å².